The van der Waals surface area contributed by atoms with Crippen molar-refractivity contribution in [2.75, 3.05) is 25.2 Å². The second-order valence-corrected chi connectivity index (χ2v) is 14.5. The molecule has 5 aromatic rings. The van der Waals surface area contributed by atoms with Crippen LogP contribution in [0.2, 0.25) is 5.02 Å². The van der Waals surface area contributed by atoms with Crippen molar-refractivity contribution in [2.24, 2.45) is 16.0 Å². The van der Waals surface area contributed by atoms with Crippen LogP contribution in [0.3, 0.4) is 0 Å². The maximum absolute atomic E-state index is 15.4. The molecular weight excluding hydrogens is 857 g/mol. The summed E-state index contributed by atoms with van der Waals surface area (Å²) in [5, 5.41) is 8.94. The Labute approximate surface area is 343 Å². The van der Waals surface area contributed by atoms with Gasteiger partial charge in [-0.2, -0.15) is 36.4 Å². The van der Waals surface area contributed by atoms with Crippen LogP contribution < -0.4 is 26.7 Å². The average Bonchev–Trinajstić information content (AvgIpc) is 3.62. The van der Waals surface area contributed by atoms with Crippen LogP contribution in [0.5, 0.6) is 5.88 Å². The fraction of sp³-hybridized carbons (Fsp3) is 0.351. The molecule has 0 bridgehead atoms. The first-order valence-electron chi connectivity index (χ1n) is 17.7. The number of nitrogens with one attached hydrogen (secondary N) is 2. The summed E-state index contributed by atoms with van der Waals surface area (Å²) in [5.74, 6) is -9.16. The second kappa shape index (κ2) is 17.2. The summed E-state index contributed by atoms with van der Waals surface area (Å²) >= 11 is 7.54. The van der Waals surface area contributed by atoms with Crippen LogP contribution in [0.25, 0.3) is 16.7 Å². The molecule has 0 fully saturated rings. The molecule has 2 unspecified atom stereocenters. The maximum atomic E-state index is 15.4. The third-order valence-electron chi connectivity index (χ3n) is 9.47. The molecule has 0 radical (unpaired) electrons. The number of alkyl halides is 7. The van der Waals surface area contributed by atoms with E-state index in [0.717, 1.165) is 41.6 Å². The summed E-state index contributed by atoms with van der Waals surface area (Å²) in [6.45, 7) is -0.759. The second-order valence-electron chi connectivity index (χ2n) is 13.6. The third-order valence-corrected chi connectivity index (χ3v) is 10.2. The number of fused-ring (bicyclic) bond motifs is 2. The number of carbonyl (C=O) groups is 1. The highest BCUT2D eigenvalue weighted by Crippen LogP contribution is 2.48. The summed E-state index contributed by atoms with van der Waals surface area (Å²) in [7, 11) is 1.46. The molecular formula is C37H33ClF9N9O3S. The molecule has 4 N–H and O–H groups in total. The van der Waals surface area contributed by atoms with Gasteiger partial charge in [0.25, 0.3) is 17.9 Å². The fourth-order valence-corrected chi connectivity index (χ4v) is 7.42. The average molecular weight is 890 g/mol. The summed E-state index contributed by atoms with van der Waals surface area (Å²) in [6, 6.07) is 5.79. The zero-order valence-corrected chi connectivity index (χ0v) is 33.1. The molecule has 2 aromatic carbocycles. The molecule has 3 aromatic heterocycles. The normalized spacial score (nSPS) is 15.7. The van der Waals surface area contributed by atoms with Crippen molar-refractivity contribution >= 4 is 52.0 Å². The monoisotopic (exact) mass is 889 g/mol. The number of rotatable bonds is 14. The zero-order valence-electron chi connectivity index (χ0n) is 31.5. The first-order valence-corrected chi connectivity index (χ1v) is 19.3. The van der Waals surface area contributed by atoms with Gasteiger partial charge in [0.05, 0.1) is 46.4 Å². The highest BCUT2D eigenvalue weighted by atomic mass is 35.5. The van der Waals surface area contributed by atoms with Gasteiger partial charge in [0, 0.05) is 43.3 Å². The van der Waals surface area contributed by atoms with E-state index >= 15 is 8.78 Å². The Morgan fingerprint density at radius 1 is 1.13 bits per heavy atom. The van der Waals surface area contributed by atoms with E-state index in [1.165, 1.54) is 25.2 Å². The first kappa shape index (κ1) is 44.1. The number of ether oxygens (including phenoxy) is 1. The molecule has 1 aliphatic rings. The lowest BCUT2D eigenvalue weighted by molar-refractivity contribution is -0.139. The molecule has 0 saturated heterocycles. The number of halogens is 10. The van der Waals surface area contributed by atoms with Crippen LogP contribution in [0.4, 0.5) is 45.2 Å². The Bertz CT molecular complexity index is 2530. The van der Waals surface area contributed by atoms with E-state index in [1.54, 1.807) is 6.26 Å². The van der Waals surface area contributed by atoms with Gasteiger partial charge in [-0.3, -0.25) is 18.8 Å². The minimum absolute atomic E-state index is 0.0270. The van der Waals surface area contributed by atoms with E-state index in [0.29, 0.717) is 10.7 Å². The van der Waals surface area contributed by atoms with Crippen LogP contribution in [0.1, 0.15) is 59.7 Å². The van der Waals surface area contributed by atoms with Crippen molar-refractivity contribution in [3.63, 3.8) is 0 Å². The standard InChI is InChI=1S/C37H33ClF9N9O3S/c1-16-10-21-28(31(41)42)53-55(30(21)37(16,46)47)15-25(57)50-23(13-17-11-18(39)14-19(40)12-17)34-52-33-20(4-7-26(51-33)59-9-8-36(43,44)45)35(58)56(34)24-6-5-22(38)27(29(24)49-2)32(48)54-60-3/h4-7,11-12,14,16,23,31,49H,8-10,13,15H2,1-3H3,(H2,48,54)(H,50,57). The number of anilines is 1. The van der Waals surface area contributed by atoms with Crippen LogP contribution in [0.15, 0.2) is 51.7 Å². The number of pyridine rings is 1. The Morgan fingerprint density at radius 2 is 1.83 bits per heavy atom. The van der Waals surface area contributed by atoms with E-state index in [9.17, 15) is 40.3 Å². The van der Waals surface area contributed by atoms with Crippen LogP contribution in [-0.4, -0.2) is 62.1 Å². The number of nitrogens with zero attached hydrogens (tertiary/aromatic N) is 6. The number of hydrogen-bond acceptors (Lipinski definition) is 9. The van der Waals surface area contributed by atoms with Gasteiger partial charge in [-0.1, -0.05) is 18.5 Å². The predicted octanol–water partition coefficient (Wildman–Crippen LogP) is 7.59. The summed E-state index contributed by atoms with van der Waals surface area (Å²) in [5.41, 5.74) is 2.79. The van der Waals surface area contributed by atoms with Crippen LogP contribution >= 0.6 is 23.5 Å². The molecule has 0 saturated carbocycles. The number of hydrogen-bond donors (Lipinski definition) is 3. The van der Waals surface area contributed by atoms with Gasteiger partial charge < -0.3 is 21.1 Å². The summed E-state index contributed by atoms with van der Waals surface area (Å²) < 4.78 is 137. The van der Waals surface area contributed by atoms with E-state index < -0.39 is 114 Å². The summed E-state index contributed by atoms with van der Waals surface area (Å²) in [6.07, 6.45) is -8.56. The predicted molar refractivity (Wildman–Crippen MR) is 205 cm³/mol. The molecule has 320 valence electrons. The van der Waals surface area contributed by atoms with Crippen LogP contribution in [0, 0.1) is 17.6 Å². The molecule has 6 rings (SSSR count). The smallest absolute Gasteiger partial charge is 0.392 e. The van der Waals surface area contributed by atoms with E-state index in [4.69, 9.17) is 22.1 Å². The minimum atomic E-state index is -4.57. The van der Waals surface area contributed by atoms with Gasteiger partial charge in [0.2, 0.25) is 11.8 Å². The molecule has 12 nitrogen and oxygen atoms in total. The minimum Gasteiger partial charge on any atom is -0.477 e. The fourth-order valence-electron chi connectivity index (χ4n) is 6.88. The largest absolute Gasteiger partial charge is 0.477 e. The Kier molecular flexibility index (Phi) is 12.6. The first-order chi connectivity index (χ1) is 28.2. The number of nitrogens with two attached hydrogens (primary N) is 1. The van der Waals surface area contributed by atoms with Gasteiger partial charge in [0.15, 0.2) is 5.65 Å². The van der Waals surface area contributed by atoms with Gasteiger partial charge in [-0.25, -0.2) is 22.5 Å². The van der Waals surface area contributed by atoms with Crippen molar-refractivity contribution in [2.45, 2.75) is 57.3 Å². The lowest BCUT2D eigenvalue weighted by Crippen LogP contribution is -2.38. The highest BCUT2D eigenvalue weighted by molar-refractivity contribution is 7.97. The number of aromatic nitrogens is 5. The van der Waals surface area contributed by atoms with E-state index in [1.807, 2.05) is 0 Å². The number of carbonyl (C=O) groups excluding carboxylic acids is 1. The van der Waals surface area contributed by atoms with Crippen molar-refractivity contribution in [1.82, 2.24) is 29.6 Å². The number of amidine groups is 1. The van der Waals surface area contributed by atoms with Crippen molar-refractivity contribution in [3.8, 4) is 11.6 Å². The molecule has 0 aliphatic heterocycles. The molecule has 23 heteroatoms. The SMILES string of the molecule is CNc1c(-n2c(C(Cc3cc(F)cc(F)c3)NC(=O)Cn3nc(C(F)F)c4c3C(F)(F)C(C)C4)nc3nc(OCCC(F)(F)F)ccc3c2=O)ccc(Cl)c1C(N)=NSC. The van der Waals surface area contributed by atoms with E-state index in [2.05, 4.69) is 30.1 Å². The van der Waals surface area contributed by atoms with Gasteiger partial charge in [0.1, 0.15) is 41.2 Å². The number of benzene rings is 2. The quantitative estimate of drug-likeness (QED) is 0.0443. The Hall–Kier alpha value is -5.51. The van der Waals surface area contributed by atoms with Crippen molar-refractivity contribution in [1.29, 1.82) is 0 Å². The zero-order chi connectivity index (χ0) is 43.8. The lowest BCUT2D eigenvalue weighted by atomic mass is 10.0. The van der Waals surface area contributed by atoms with Gasteiger partial charge in [-0.15, -0.1) is 0 Å². The molecule has 3 heterocycles. The van der Waals surface area contributed by atoms with Crippen LogP contribution in [-0.2, 0) is 30.1 Å². The maximum Gasteiger partial charge on any atom is 0.392 e. The van der Waals surface area contributed by atoms with Gasteiger partial charge >= 0.3 is 6.18 Å². The lowest BCUT2D eigenvalue weighted by Gasteiger charge is -2.25. The number of amides is 1. The molecule has 0 spiro atoms. The summed E-state index contributed by atoms with van der Waals surface area (Å²) in [4.78, 5) is 37.3. The van der Waals surface area contributed by atoms with E-state index in [-0.39, 0.29) is 44.6 Å². The molecule has 1 aliphatic carbocycles. The Morgan fingerprint density at radius 3 is 2.47 bits per heavy atom. The topological polar surface area (TPSA) is 154 Å². The van der Waals surface area contributed by atoms with Crippen molar-refractivity contribution < 1.29 is 49.0 Å². The third kappa shape index (κ3) is 8.98. The van der Waals surface area contributed by atoms with Gasteiger partial charge in [-0.05, 0) is 54.3 Å². The van der Waals surface area contributed by atoms with Crippen molar-refractivity contribution in [3.05, 3.63) is 103 Å². The molecule has 1 amide bonds. The highest BCUT2D eigenvalue weighted by Gasteiger charge is 2.51. The Balaban J connectivity index is 1.57. The molecule has 60 heavy (non-hydrogen) atoms. The molecule has 2 atom stereocenters.